The zero-order valence-corrected chi connectivity index (χ0v) is 19.2. The number of hydrogen-bond acceptors (Lipinski definition) is 5. The summed E-state index contributed by atoms with van der Waals surface area (Å²) in [7, 11) is 1.34. The molecular formula is C22H19ClN4O2S2. The number of benzene rings is 2. The molecule has 0 fully saturated rings. The summed E-state index contributed by atoms with van der Waals surface area (Å²) in [6, 6.07) is 14.0. The van der Waals surface area contributed by atoms with Gasteiger partial charge in [0.1, 0.15) is 4.88 Å². The van der Waals surface area contributed by atoms with Gasteiger partial charge in [-0.15, -0.1) is 11.3 Å². The van der Waals surface area contributed by atoms with Crippen LogP contribution in [0.15, 0.2) is 54.9 Å². The van der Waals surface area contributed by atoms with Gasteiger partial charge < -0.3 is 15.4 Å². The average Bonchev–Trinajstić information content (AvgIpc) is 3.32. The number of ether oxygens (including phenoxy) is 1. The lowest BCUT2D eigenvalue weighted by atomic mass is 10.1. The van der Waals surface area contributed by atoms with E-state index in [4.69, 9.17) is 28.6 Å². The Balaban J connectivity index is 1.41. The molecule has 2 N–H and O–H groups in total. The second-order valence-electron chi connectivity index (χ2n) is 6.94. The summed E-state index contributed by atoms with van der Waals surface area (Å²) < 4.78 is 7.50. The molecule has 6 nitrogen and oxygen atoms in total. The number of methoxy groups -OCH3 is 1. The number of thiocarbonyl (C=S) groups is 1. The Hall–Kier alpha value is -2.94. The van der Waals surface area contributed by atoms with Crippen LogP contribution < -0.4 is 10.6 Å². The highest BCUT2D eigenvalue weighted by atomic mass is 35.5. The number of carbonyl (C=O) groups is 1. The molecule has 0 saturated heterocycles. The Kier molecular flexibility index (Phi) is 6.22. The molecule has 0 unspecified atom stereocenters. The summed E-state index contributed by atoms with van der Waals surface area (Å²) in [5.74, 6) is -0.444. The Morgan fingerprint density at radius 1 is 1.19 bits per heavy atom. The van der Waals surface area contributed by atoms with Crippen molar-refractivity contribution in [1.82, 2.24) is 9.78 Å². The van der Waals surface area contributed by atoms with Crippen LogP contribution in [0.25, 0.3) is 10.1 Å². The number of halogens is 1. The highest BCUT2D eigenvalue weighted by Gasteiger charge is 2.17. The fourth-order valence-electron chi connectivity index (χ4n) is 3.06. The molecule has 4 rings (SSSR count). The van der Waals surface area contributed by atoms with E-state index in [1.807, 2.05) is 29.1 Å². The van der Waals surface area contributed by atoms with Crippen LogP contribution in [-0.4, -0.2) is 28.0 Å². The first-order valence-corrected chi connectivity index (χ1v) is 11.0. The van der Waals surface area contributed by atoms with E-state index in [9.17, 15) is 4.79 Å². The first kappa shape index (κ1) is 21.3. The lowest BCUT2D eigenvalue weighted by molar-refractivity contribution is 0.0606. The Morgan fingerprint density at radius 2 is 1.94 bits per heavy atom. The second-order valence-corrected chi connectivity index (χ2v) is 8.78. The molecule has 0 aliphatic carbocycles. The van der Waals surface area contributed by atoms with Gasteiger partial charge in [-0.3, -0.25) is 4.68 Å². The summed E-state index contributed by atoms with van der Waals surface area (Å²) >= 11 is 13.0. The Labute approximate surface area is 193 Å². The normalized spacial score (nSPS) is 10.8. The summed E-state index contributed by atoms with van der Waals surface area (Å²) in [6.45, 7) is 2.75. The smallest absolute Gasteiger partial charge is 0.349 e. The van der Waals surface area contributed by atoms with Crippen LogP contribution in [0.4, 0.5) is 11.4 Å². The molecule has 0 atom stereocenters. The van der Waals surface area contributed by atoms with Crippen LogP contribution in [-0.2, 0) is 11.3 Å². The molecule has 0 aliphatic rings. The van der Waals surface area contributed by atoms with E-state index < -0.39 is 5.97 Å². The molecule has 4 aromatic rings. The number of rotatable bonds is 5. The second kappa shape index (κ2) is 9.05. The molecule has 0 aliphatic heterocycles. The minimum Gasteiger partial charge on any atom is -0.465 e. The number of nitrogens with zero attached hydrogens (tertiary/aromatic N) is 2. The highest BCUT2D eigenvalue weighted by Crippen LogP contribution is 2.37. The Morgan fingerprint density at radius 3 is 2.68 bits per heavy atom. The molecular weight excluding hydrogens is 452 g/mol. The van der Waals surface area contributed by atoms with Crippen molar-refractivity contribution in [2.45, 2.75) is 13.5 Å². The van der Waals surface area contributed by atoms with Crippen molar-refractivity contribution in [2.24, 2.45) is 0 Å². The third-order valence-corrected chi connectivity index (χ3v) is 6.46. The van der Waals surface area contributed by atoms with Crippen LogP contribution in [0.2, 0.25) is 5.02 Å². The molecule has 158 valence electrons. The van der Waals surface area contributed by atoms with Crippen molar-refractivity contribution >= 4 is 67.7 Å². The van der Waals surface area contributed by atoms with Gasteiger partial charge in [-0.05, 0) is 42.9 Å². The van der Waals surface area contributed by atoms with Gasteiger partial charge in [0.05, 0.1) is 30.6 Å². The molecule has 2 aromatic heterocycles. The van der Waals surface area contributed by atoms with Gasteiger partial charge in [-0.25, -0.2) is 4.79 Å². The number of hydrogen-bond donors (Lipinski definition) is 2. The van der Waals surface area contributed by atoms with Gasteiger partial charge >= 0.3 is 5.97 Å². The number of esters is 1. The lowest BCUT2D eigenvalue weighted by Crippen LogP contribution is -2.18. The number of fused-ring (bicyclic) bond motifs is 1. The minimum absolute atomic E-state index is 0.387. The average molecular weight is 471 g/mol. The molecule has 0 spiro atoms. The van der Waals surface area contributed by atoms with Crippen molar-refractivity contribution in [3.05, 3.63) is 75.9 Å². The van der Waals surface area contributed by atoms with E-state index in [1.165, 1.54) is 29.6 Å². The standard InChI is InChI=1S/C22H19ClN4O2S2/c1-13-3-5-14(6-4-13)11-27-12-16(10-24-27)26-22(30)25-15-7-8-17-18(9-15)31-20(19(17)23)21(28)29-2/h3-10,12H,11H2,1-2H3,(H2,25,26,30). The van der Waals surface area contributed by atoms with Crippen LogP contribution in [0.1, 0.15) is 20.8 Å². The summed E-state index contributed by atoms with van der Waals surface area (Å²) in [5.41, 5.74) is 3.98. The lowest BCUT2D eigenvalue weighted by Gasteiger charge is -2.09. The third-order valence-electron chi connectivity index (χ3n) is 4.61. The van der Waals surface area contributed by atoms with Crippen LogP contribution in [0.3, 0.4) is 0 Å². The number of thiophene rings is 1. The zero-order valence-electron chi connectivity index (χ0n) is 16.8. The van der Waals surface area contributed by atoms with Crippen molar-refractivity contribution in [3.63, 3.8) is 0 Å². The fraction of sp³-hybridized carbons (Fsp3) is 0.136. The van der Waals surface area contributed by atoms with Gasteiger partial charge in [0.15, 0.2) is 5.11 Å². The SMILES string of the molecule is COC(=O)c1sc2cc(NC(=S)Nc3cnn(Cc4ccc(C)cc4)c3)ccc2c1Cl. The topological polar surface area (TPSA) is 68.2 Å². The van der Waals surface area contributed by atoms with Crippen LogP contribution in [0, 0.1) is 6.92 Å². The van der Waals surface area contributed by atoms with Gasteiger partial charge in [-0.1, -0.05) is 41.4 Å². The molecule has 2 aromatic carbocycles. The first-order chi connectivity index (χ1) is 14.9. The molecule has 0 radical (unpaired) electrons. The van der Waals surface area contributed by atoms with Crippen molar-refractivity contribution < 1.29 is 9.53 Å². The zero-order chi connectivity index (χ0) is 22.0. The van der Waals surface area contributed by atoms with Gasteiger partial charge in [0.25, 0.3) is 0 Å². The van der Waals surface area contributed by atoms with Gasteiger partial charge in [0, 0.05) is 22.0 Å². The van der Waals surface area contributed by atoms with E-state index >= 15 is 0 Å². The van der Waals surface area contributed by atoms with E-state index in [0.29, 0.717) is 21.6 Å². The summed E-state index contributed by atoms with van der Waals surface area (Å²) in [6.07, 6.45) is 3.63. The van der Waals surface area contributed by atoms with Gasteiger partial charge in [0.2, 0.25) is 0 Å². The molecule has 31 heavy (non-hydrogen) atoms. The molecule has 2 heterocycles. The quantitative estimate of drug-likeness (QED) is 0.288. The number of nitrogens with one attached hydrogen (secondary N) is 2. The molecule has 0 bridgehead atoms. The fourth-order valence-corrected chi connectivity index (χ4v) is 4.76. The summed E-state index contributed by atoms with van der Waals surface area (Å²) in [5, 5.41) is 12.3. The maximum absolute atomic E-state index is 11.9. The number of anilines is 2. The predicted molar refractivity (Wildman–Crippen MR) is 131 cm³/mol. The van der Waals surface area contributed by atoms with Crippen LogP contribution >= 0.6 is 35.2 Å². The summed E-state index contributed by atoms with van der Waals surface area (Å²) in [4.78, 5) is 12.2. The van der Waals surface area contributed by atoms with Crippen molar-refractivity contribution in [3.8, 4) is 0 Å². The maximum atomic E-state index is 11.9. The third kappa shape index (κ3) is 4.87. The van der Waals surface area contributed by atoms with Crippen LogP contribution in [0.5, 0.6) is 0 Å². The molecule has 0 amide bonds. The number of aromatic nitrogens is 2. The van der Waals surface area contributed by atoms with E-state index in [0.717, 1.165) is 21.5 Å². The first-order valence-electron chi connectivity index (χ1n) is 9.39. The predicted octanol–water partition coefficient (Wildman–Crippen LogP) is 5.70. The van der Waals surface area contributed by atoms with Crippen molar-refractivity contribution in [2.75, 3.05) is 17.7 Å². The molecule has 9 heteroatoms. The largest absolute Gasteiger partial charge is 0.465 e. The van der Waals surface area contributed by atoms with Crippen molar-refractivity contribution in [1.29, 1.82) is 0 Å². The van der Waals surface area contributed by atoms with E-state index in [1.54, 1.807) is 6.20 Å². The monoisotopic (exact) mass is 470 g/mol. The highest BCUT2D eigenvalue weighted by molar-refractivity contribution is 7.80. The number of carbonyl (C=O) groups excluding carboxylic acids is 1. The minimum atomic E-state index is -0.444. The Bertz CT molecular complexity index is 1260. The maximum Gasteiger partial charge on any atom is 0.349 e. The van der Waals surface area contributed by atoms with Gasteiger partial charge in [-0.2, -0.15) is 5.10 Å². The van der Waals surface area contributed by atoms with E-state index in [-0.39, 0.29) is 0 Å². The molecule has 0 saturated carbocycles. The van der Waals surface area contributed by atoms with E-state index in [2.05, 4.69) is 46.9 Å². The number of aryl methyl sites for hydroxylation is 1.